The van der Waals surface area contributed by atoms with Crippen molar-refractivity contribution >= 4 is 17.7 Å². The zero-order valence-corrected chi connectivity index (χ0v) is 21.3. The summed E-state index contributed by atoms with van der Waals surface area (Å²) in [6.07, 6.45) is 2.20. The van der Waals surface area contributed by atoms with Gasteiger partial charge in [-0.15, -0.1) is 0 Å². The highest BCUT2D eigenvalue weighted by molar-refractivity contribution is 5.90. The minimum absolute atomic E-state index is 0.0300. The zero-order chi connectivity index (χ0) is 25.9. The molecule has 3 aromatic rings. The maximum absolute atomic E-state index is 12.5. The minimum Gasteiger partial charge on any atom is -0.492 e. The van der Waals surface area contributed by atoms with Gasteiger partial charge in [-0.05, 0) is 78.8 Å². The van der Waals surface area contributed by atoms with Crippen LogP contribution in [-0.4, -0.2) is 41.7 Å². The molecule has 1 unspecified atom stereocenters. The lowest BCUT2D eigenvalue weighted by Gasteiger charge is -2.18. The Hall–Kier alpha value is -4.00. The SMILES string of the molecule is Cc1cc(NC(=O)N2CCCC2)cc(C)c1-c1cccc(COc2ccc3c(c2)OCC3CC(=O)O)c1. The smallest absolute Gasteiger partial charge is 0.321 e. The average molecular weight is 501 g/mol. The molecule has 37 heavy (non-hydrogen) atoms. The quantitative estimate of drug-likeness (QED) is 0.408. The maximum Gasteiger partial charge on any atom is 0.321 e. The number of carboxylic acid groups (broad SMARTS) is 1. The molecule has 1 fully saturated rings. The molecule has 3 aromatic carbocycles. The molecule has 5 rings (SSSR count). The van der Waals surface area contributed by atoms with Gasteiger partial charge in [0, 0.05) is 36.3 Å². The molecule has 2 aliphatic heterocycles. The molecule has 2 heterocycles. The number of urea groups is 1. The van der Waals surface area contributed by atoms with Crippen LogP contribution in [0.25, 0.3) is 11.1 Å². The fraction of sp³-hybridized carbons (Fsp3) is 0.333. The fourth-order valence-corrected chi connectivity index (χ4v) is 5.32. The molecule has 0 saturated carbocycles. The van der Waals surface area contributed by atoms with Crippen LogP contribution >= 0.6 is 0 Å². The van der Waals surface area contributed by atoms with E-state index in [0.717, 1.165) is 65.0 Å². The van der Waals surface area contributed by atoms with Crippen LogP contribution in [0.5, 0.6) is 11.5 Å². The van der Waals surface area contributed by atoms with Crippen LogP contribution in [0.2, 0.25) is 0 Å². The van der Waals surface area contributed by atoms with Crippen molar-refractivity contribution in [2.45, 2.75) is 45.6 Å². The first-order chi connectivity index (χ1) is 17.9. The number of nitrogens with one attached hydrogen (secondary N) is 1. The van der Waals surface area contributed by atoms with Gasteiger partial charge in [0.2, 0.25) is 0 Å². The van der Waals surface area contributed by atoms with Crippen molar-refractivity contribution in [2.24, 2.45) is 0 Å². The third-order valence-corrected chi connectivity index (χ3v) is 7.08. The highest BCUT2D eigenvalue weighted by atomic mass is 16.5. The molecule has 0 aromatic heterocycles. The molecule has 0 spiro atoms. The molecule has 1 saturated heterocycles. The number of nitrogens with zero attached hydrogens (tertiary/aromatic N) is 1. The van der Waals surface area contributed by atoms with Crippen molar-refractivity contribution in [1.82, 2.24) is 4.90 Å². The molecule has 2 N–H and O–H groups in total. The summed E-state index contributed by atoms with van der Waals surface area (Å²) >= 11 is 0. The molecule has 0 bridgehead atoms. The van der Waals surface area contributed by atoms with Gasteiger partial charge in [-0.2, -0.15) is 0 Å². The Morgan fingerprint density at radius 3 is 2.54 bits per heavy atom. The molecule has 0 aliphatic carbocycles. The summed E-state index contributed by atoms with van der Waals surface area (Å²) in [5.41, 5.74) is 7.22. The van der Waals surface area contributed by atoms with Crippen LogP contribution in [-0.2, 0) is 11.4 Å². The molecule has 2 amide bonds. The highest BCUT2D eigenvalue weighted by Gasteiger charge is 2.26. The van der Waals surface area contributed by atoms with Gasteiger partial charge in [-0.25, -0.2) is 4.79 Å². The van der Waals surface area contributed by atoms with Crippen molar-refractivity contribution in [3.8, 4) is 22.6 Å². The number of carbonyl (C=O) groups is 2. The summed E-state index contributed by atoms with van der Waals surface area (Å²) in [5.74, 6) is 0.435. The van der Waals surface area contributed by atoms with Crippen molar-refractivity contribution in [3.05, 3.63) is 76.9 Å². The second kappa shape index (κ2) is 10.5. The first kappa shape index (κ1) is 24.7. The number of fused-ring (bicyclic) bond motifs is 1. The zero-order valence-electron chi connectivity index (χ0n) is 21.3. The van der Waals surface area contributed by atoms with Crippen molar-refractivity contribution in [3.63, 3.8) is 0 Å². The first-order valence-electron chi connectivity index (χ1n) is 12.7. The molecule has 1 atom stereocenters. The lowest BCUT2D eigenvalue weighted by molar-refractivity contribution is -0.137. The summed E-state index contributed by atoms with van der Waals surface area (Å²) in [7, 11) is 0. The number of ether oxygens (including phenoxy) is 2. The first-order valence-corrected chi connectivity index (χ1v) is 12.7. The van der Waals surface area contributed by atoms with Crippen LogP contribution in [0.4, 0.5) is 10.5 Å². The second-order valence-corrected chi connectivity index (χ2v) is 9.90. The second-order valence-electron chi connectivity index (χ2n) is 9.90. The van der Waals surface area contributed by atoms with Crippen molar-refractivity contribution < 1.29 is 24.2 Å². The summed E-state index contributed by atoms with van der Waals surface area (Å²) in [4.78, 5) is 25.5. The van der Waals surface area contributed by atoms with Gasteiger partial charge in [0.1, 0.15) is 18.1 Å². The Morgan fingerprint density at radius 1 is 1.05 bits per heavy atom. The maximum atomic E-state index is 12.5. The van der Waals surface area contributed by atoms with Crippen LogP contribution in [0.1, 0.15) is 47.4 Å². The van der Waals surface area contributed by atoms with E-state index in [1.165, 1.54) is 0 Å². The average Bonchev–Trinajstić information content (AvgIpc) is 3.53. The number of hydrogen-bond donors (Lipinski definition) is 2. The van der Waals surface area contributed by atoms with E-state index in [1.54, 1.807) is 0 Å². The Labute approximate surface area is 217 Å². The Balaban J connectivity index is 1.27. The van der Waals surface area contributed by atoms with E-state index >= 15 is 0 Å². The van der Waals surface area contributed by atoms with Crippen LogP contribution in [0.15, 0.2) is 54.6 Å². The number of anilines is 1. The number of amides is 2. The van der Waals surface area contributed by atoms with E-state index in [1.807, 2.05) is 47.4 Å². The Morgan fingerprint density at radius 2 is 1.81 bits per heavy atom. The Kier molecular flexibility index (Phi) is 7.04. The molecular weight excluding hydrogens is 468 g/mol. The topological polar surface area (TPSA) is 88.1 Å². The van der Waals surface area contributed by atoms with Crippen LogP contribution in [0, 0.1) is 13.8 Å². The number of carboxylic acids is 1. The van der Waals surface area contributed by atoms with Crippen molar-refractivity contribution in [2.75, 3.05) is 25.0 Å². The standard InChI is InChI=1S/C30H32N2O5/c1-19-12-24(31-30(35)32-10-3-4-11-32)13-20(2)29(19)22-7-5-6-21(14-22)17-36-25-8-9-26-23(15-28(33)34)18-37-27(26)16-25/h5-9,12-14,16,23H,3-4,10-11,15,17-18H2,1-2H3,(H,31,35)(H,33,34). The molecule has 0 radical (unpaired) electrons. The largest absolute Gasteiger partial charge is 0.492 e. The van der Waals surface area contributed by atoms with E-state index in [4.69, 9.17) is 14.6 Å². The predicted molar refractivity (Wildman–Crippen MR) is 142 cm³/mol. The van der Waals surface area contributed by atoms with Gasteiger partial charge in [-0.1, -0.05) is 24.3 Å². The van der Waals surface area contributed by atoms with E-state index in [-0.39, 0.29) is 18.4 Å². The number of carbonyl (C=O) groups excluding carboxylic acids is 1. The summed E-state index contributed by atoms with van der Waals surface area (Å²) in [5, 5.41) is 12.1. The number of benzene rings is 3. The predicted octanol–water partition coefficient (Wildman–Crippen LogP) is 6.13. The molecular formula is C30H32N2O5. The van der Waals surface area contributed by atoms with Crippen molar-refractivity contribution in [1.29, 1.82) is 0 Å². The van der Waals surface area contributed by atoms with Crippen LogP contribution in [0.3, 0.4) is 0 Å². The number of aryl methyl sites for hydroxylation is 2. The molecule has 2 aliphatic rings. The third kappa shape index (κ3) is 5.56. The van der Waals surface area contributed by atoms with Gasteiger partial charge in [-0.3, -0.25) is 4.79 Å². The number of rotatable bonds is 7. The molecule has 192 valence electrons. The highest BCUT2D eigenvalue weighted by Crippen LogP contribution is 2.38. The minimum atomic E-state index is -0.825. The summed E-state index contributed by atoms with van der Waals surface area (Å²) < 4.78 is 11.7. The lowest BCUT2D eigenvalue weighted by Crippen LogP contribution is -2.32. The summed E-state index contributed by atoms with van der Waals surface area (Å²) in [6.45, 7) is 6.55. The van der Waals surface area contributed by atoms with Gasteiger partial charge in [0.25, 0.3) is 0 Å². The van der Waals surface area contributed by atoms with Gasteiger partial charge in [0.15, 0.2) is 0 Å². The van der Waals surface area contributed by atoms with E-state index < -0.39 is 5.97 Å². The normalized spacial score (nSPS) is 16.3. The van der Waals surface area contributed by atoms with E-state index in [0.29, 0.717) is 24.7 Å². The van der Waals surface area contributed by atoms with Gasteiger partial charge in [0.05, 0.1) is 13.0 Å². The molecule has 7 nitrogen and oxygen atoms in total. The number of hydrogen-bond acceptors (Lipinski definition) is 4. The van der Waals surface area contributed by atoms with Crippen LogP contribution < -0.4 is 14.8 Å². The fourth-order valence-electron chi connectivity index (χ4n) is 5.32. The van der Waals surface area contributed by atoms with E-state index in [2.05, 4.69) is 31.3 Å². The van der Waals surface area contributed by atoms with Gasteiger partial charge >= 0.3 is 12.0 Å². The number of aliphatic carboxylic acids is 1. The number of likely N-dealkylation sites (tertiary alicyclic amines) is 1. The molecule has 7 heteroatoms. The lowest BCUT2D eigenvalue weighted by atomic mass is 9.94. The van der Waals surface area contributed by atoms with E-state index in [9.17, 15) is 9.59 Å². The Bertz CT molecular complexity index is 1310. The third-order valence-electron chi connectivity index (χ3n) is 7.08. The monoisotopic (exact) mass is 500 g/mol. The van der Waals surface area contributed by atoms with Gasteiger partial charge < -0.3 is 24.8 Å². The summed E-state index contributed by atoms with van der Waals surface area (Å²) in [6, 6.07) is 17.9.